The molecule has 0 spiro atoms. The van der Waals surface area contributed by atoms with Crippen LogP contribution < -0.4 is 10.2 Å². The Kier molecular flexibility index (Phi) is 6.49. The summed E-state index contributed by atoms with van der Waals surface area (Å²) in [6.07, 6.45) is 1.39. The number of benzene rings is 1. The molecule has 0 saturated carbocycles. The zero-order chi connectivity index (χ0) is 15.1. The van der Waals surface area contributed by atoms with E-state index in [1.165, 1.54) is 16.8 Å². The molecule has 1 heterocycles. The van der Waals surface area contributed by atoms with Crippen LogP contribution in [-0.2, 0) is 16.0 Å². The Morgan fingerprint density at radius 2 is 2.29 bits per heavy atom. The summed E-state index contributed by atoms with van der Waals surface area (Å²) in [5.74, 6) is 0. The van der Waals surface area contributed by atoms with Crippen molar-refractivity contribution in [2.24, 2.45) is 0 Å². The molecule has 1 N–H and O–H groups in total. The first-order valence-electron chi connectivity index (χ1n) is 7.86. The molecule has 0 bridgehead atoms. The van der Waals surface area contributed by atoms with Crippen LogP contribution in [0.2, 0.25) is 0 Å². The van der Waals surface area contributed by atoms with Crippen molar-refractivity contribution in [2.75, 3.05) is 44.9 Å². The van der Waals surface area contributed by atoms with Crippen molar-refractivity contribution < 1.29 is 9.47 Å². The van der Waals surface area contributed by atoms with Gasteiger partial charge in [0, 0.05) is 45.6 Å². The lowest BCUT2D eigenvalue weighted by molar-refractivity contribution is 0.0821. The number of hydrogen-bond acceptors (Lipinski definition) is 4. The van der Waals surface area contributed by atoms with Gasteiger partial charge in [0.25, 0.3) is 0 Å². The molecule has 1 fully saturated rings. The van der Waals surface area contributed by atoms with Crippen molar-refractivity contribution in [3.63, 3.8) is 0 Å². The lowest BCUT2D eigenvalue weighted by Gasteiger charge is -2.27. The molecule has 1 atom stereocenters. The van der Waals surface area contributed by atoms with Crippen molar-refractivity contribution in [3.05, 3.63) is 29.3 Å². The Hall–Kier alpha value is -1.10. The van der Waals surface area contributed by atoms with Crippen LogP contribution in [0.3, 0.4) is 0 Å². The third kappa shape index (κ3) is 4.99. The third-order valence-electron chi connectivity index (χ3n) is 3.83. The average Bonchev–Trinajstić information content (AvgIpc) is 2.68. The summed E-state index contributed by atoms with van der Waals surface area (Å²) >= 11 is 0. The zero-order valence-corrected chi connectivity index (χ0v) is 13.5. The summed E-state index contributed by atoms with van der Waals surface area (Å²) in [5, 5.41) is 3.45. The molecular weight excluding hydrogens is 264 g/mol. The summed E-state index contributed by atoms with van der Waals surface area (Å²) in [7, 11) is 1.73. The largest absolute Gasteiger partial charge is 0.383 e. The standard InChI is InChI=1S/C17H28N2O2/c1-14-5-6-17(16(11-14)12-18-7-10-20-3)19-8-4-9-21-15(2)13-19/h5-6,11,15,18H,4,7-10,12-13H2,1-3H3. The van der Waals surface area contributed by atoms with Crippen molar-refractivity contribution in [1.82, 2.24) is 5.32 Å². The second kappa shape index (κ2) is 8.37. The van der Waals surface area contributed by atoms with E-state index in [4.69, 9.17) is 9.47 Å². The van der Waals surface area contributed by atoms with Crippen LogP contribution in [-0.4, -0.2) is 46.1 Å². The Morgan fingerprint density at radius 3 is 3.10 bits per heavy atom. The molecule has 0 radical (unpaired) electrons. The van der Waals surface area contributed by atoms with E-state index in [1.807, 2.05) is 0 Å². The molecule has 1 aliphatic heterocycles. The van der Waals surface area contributed by atoms with E-state index in [1.54, 1.807) is 7.11 Å². The molecule has 1 unspecified atom stereocenters. The lowest BCUT2D eigenvalue weighted by Crippen LogP contribution is -2.31. The molecule has 0 amide bonds. The fraction of sp³-hybridized carbons (Fsp3) is 0.647. The van der Waals surface area contributed by atoms with Gasteiger partial charge in [0.15, 0.2) is 0 Å². The van der Waals surface area contributed by atoms with E-state index >= 15 is 0 Å². The second-order valence-corrected chi connectivity index (χ2v) is 5.78. The monoisotopic (exact) mass is 292 g/mol. The van der Waals surface area contributed by atoms with Crippen LogP contribution in [0.4, 0.5) is 5.69 Å². The average molecular weight is 292 g/mol. The SMILES string of the molecule is COCCNCc1cc(C)ccc1N1CCCOC(C)C1. The van der Waals surface area contributed by atoms with Gasteiger partial charge in [-0.25, -0.2) is 0 Å². The first kappa shape index (κ1) is 16.3. The molecule has 4 heteroatoms. The van der Waals surface area contributed by atoms with Gasteiger partial charge >= 0.3 is 0 Å². The maximum Gasteiger partial charge on any atom is 0.0721 e. The van der Waals surface area contributed by atoms with Crippen molar-refractivity contribution in [1.29, 1.82) is 0 Å². The van der Waals surface area contributed by atoms with E-state index in [0.29, 0.717) is 6.10 Å². The quantitative estimate of drug-likeness (QED) is 0.816. The Morgan fingerprint density at radius 1 is 1.43 bits per heavy atom. The Bertz CT molecular complexity index is 437. The number of anilines is 1. The van der Waals surface area contributed by atoms with E-state index < -0.39 is 0 Å². The number of ether oxygens (including phenoxy) is 2. The highest BCUT2D eigenvalue weighted by Gasteiger charge is 2.17. The summed E-state index contributed by atoms with van der Waals surface area (Å²) < 4.78 is 10.8. The Labute approximate surface area is 128 Å². The van der Waals surface area contributed by atoms with E-state index in [-0.39, 0.29) is 0 Å². The summed E-state index contributed by atoms with van der Waals surface area (Å²) in [6.45, 7) is 9.71. The predicted octanol–water partition coefficient (Wildman–Crippen LogP) is 2.35. The summed E-state index contributed by atoms with van der Waals surface area (Å²) in [5.41, 5.74) is 4.00. The van der Waals surface area contributed by atoms with Gasteiger partial charge in [-0.15, -0.1) is 0 Å². The fourth-order valence-corrected chi connectivity index (χ4v) is 2.77. The summed E-state index contributed by atoms with van der Waals surface area (Å²) in [4.78, 5) is 2.46. The first-order chi connectivity index (χ1) is 10.2. The molecule has 0 aromatic heterocycles. The number of aryl methyl sites for hydroxylation is 1. The molecule has 118 valence electrons. The van der Waals surface area contributed by atoms with Crippen molar-refractivity contribution >= 4 is 5.69 Å². The molecule has 2 rings (SSSR count). The summed E-state index contributed by atoms with van der Waals surface area (Å²) in [6, 6.07) is 6.73. The first-order valence-corrected chi connectivity index (χ1v) is 7.86. The van der Waals surface area contributed by atoms with Crippen molar-refractivity contribution in [3.8, 4) is 0 Å². The van der Waals surface area contributed by atoms with Crippen LogP contribution >= 0.6 is 0 Å². The van der Waals surface area contributed by atoms with Gasteiger partial charge in [-0.05, 0) is 31.9 Å². The minimum atomic E-state index is 0.295. The van der Waals surface area contributed by atoms with E-state index in [9.17, 15) is 0 Å². The van der Waals surface area contributed by atoms with Gasteiger partial charge < -0.3 is 19.7 Å². The second-order valence-electron chi connectivity index (χ2n) is 5.78. The van der Waals surface area contributed by atoms with Gasteiger partial charge in [-0.2, -0.15) is 0 Å². The van der Waals surface area contributed by atoms with E-state index in [2.05, 4.69) is 42.3 Å². The van der Waals surface area contributed by atoms with Crippen LogP contribution in [0.5, 0.6) is 0 Å². The number of methoxy groups -OCH3 is 1. The number of nitrogens with one attached hydrogen (secondary N) is 1. The smallest absolute Gasteiger partial charge is 0.0721 e. The molecule has 1 aromatic rings. The van der Waals surface area contributed by atoms with Gasteiger partial charge in [0.2, 0.25) is 0 Å². The molecule has 1 aromatic carbocycles. The molecule has 1 saturated heterocycles. The normalized spacial score (nSPS) is 19.6. The minimum absolute atomic E-state index is 0.295. The zero-order valence-electron chi connectivity index (χ0n) is 13.5. The number of nitrogens with zero attached hydrogens (tertiary/aromatic N) is 1. The van der Waals surface area contributed by atoms with Gasteiger partial charge in [-0.1, -0.05) is 17.7 Å². The molecule has 21 heavy (non-hydrogen) atoms. The molecule has 1 aliphatic rings. The highest BCUT2D eigenvalue weighted by atomic mass is 16.5. The highest BCUT2D eigenvalue weighted by Crippen LogP contribution is 2.24. The maximum absolute atomic E-state index is 5.76. The Balaban J connectivity index is 2.09. The predicted molar refractivity (Wildman–Crippen MR) is 87.0 cm³/mol. The van der Waals surface area contributed by atoms with E-state index in [0.717, 1.165) is 45.8 Å². The molecule has 0 aliphatic carbocycles. The van der Waals surface area contributed by atoms with Crippen LogP contribution in [0.15, 0.2) is 18.2 Å². The lowest BCUT2D eigenvalue weighted by atomic mass is 10.1. The topological polar surface area (TPSA) is 33.7 Å². The van der Waals surface area contributed by atoms with Gasteiger partial charge in [-0.3, -0.25) is 0 Å². The van der Waals surface area contributed by atoms with Gasteiger partial charge in [0.05, 0.1) is 12.7 Å². The van der Waals surface area contributed by atoms with Gasteiger partial charge in [0.1, 0.15) is 0 Å². The third-order valence-corrected chi connectivity index (χ3v) is 3.83. The molecular formula is C17H28N2O2. The highest BCUT2D eigenvalue weighted by molar-refractivity contribution is 5.55. The van der Waals surface area contributed by atoms with Crippen molar-refractivity contribution in [2.45, 2.75) is 32.9 Å². The van der Waals surface area contributed by atoms with Crippen LogP contribution in [0.1, 0.15) is 24.5 Å². The fourth-order valence-electron chi connectivity index (χ4n) is 2.77. The number of rotatable bonds is 6. The van der Waals surface area contributed by atoms with Crippen LogP contribution in [0, 0.1) is 6.92 Å². The molecule has 4 nitrogen and oxygen atoms in total. The minimum Gasteiger partial charge on any atom is -0.383 e. The maximum atomic E-state index is 5.76. The number of hydrogen-bond donors (Lipinski definition) is 1. The van der Waals surface area contributed by atoms with Crippen LogP contribution in [0.25, 0.3) is 0 Å².